The average molecular weight is 474 g/mol. The third kappa shape index (κ3) is 5.72. The lowest BCUT2D eigenvalue weighted by molar-refractivity contribution is -0.109. The molecule has 3 aromatic rings. The fourth-order valence-corrected chi connectivity index (χ4v) is 4.65. The molecule has 172 valence electrons. The van der Waals surface area contributed by atoms with Gasteiger partial charge in [-0.3, -0.25) is 4.79 Å². The van der Waals surface area contributed by atoms with Crippen LogP contribution in [0.2, 0.25) is 0 Å². The van der Waals surface area contributed by atoms with Gasteiger partial charge >= 0.3 is 0 Å². The summed E-state index contributed by atoms with van der Waals surface area (Å²) in [5.74, 6) is -1.13. The highest BCUT2D eigenvalue weighted by Gasteiger charge is 2.21. The van der Waals surface area contributed by atoms with Gasteiger partial charge in [0.05, 0.1) is 12.7 Å². The van der Waals surface area contributed by atoms with Gasteiger partial charge in [0.15, 0.2) is 11.6 Å². The van der Waals surface area contributed by atoms with E-state index in [1.54, 1.807) is 24.3 Å². The Kier molecular flexibility index (Phi) is 8.09. The number of alkyl halides is 1. The maximum absolute atomic E-state index is 14.4. The Bertz CT molecular complexity index is 1180. The molecule has 3 rings (SSSR count). The van der Waals surface area contributed by atoms with Crippen molar-refractivity contribution in [2.75, 3.05) is 13.7 Å². The Labute approximate surface area is 193 Å². The number of halogens is 3. The summed E-state index contributed by atoms with van der Waals surface area (Å²) >= 11 is 1.31. The van der Waals surface area contributed by atoms with E-state index in [1.807, 2.05) is 0 Å². The van der Waals surface area contributed by atoms with Gasteiger partial charge in [-0.05, 0) is 60.4 Å². The molecule has 2 atom stereocenters. The van der Waals surface area contributed by atoms with Gasteiger partial charge in [0.1, 0.15) is 18.1 Å². The fourth-order valence-electron chi connectivity index (χ4n) is 3.41. The van der Waals surface area contributed by atoms with Crippen molar-refractivity contribution in [1.29, 1.82) is 5.26 Å². The van der Waals surface area contributed by atoms with Crippen LogP contribution >= 0.6 is 11.3 Å². The van der Waals surface area contributed by atoms with E-state index < -0.39 is 23.8 Å². The summed E-state index contributed by atoms with van der Waals surface area (Å²) in [5, 5.41) is 11.4. The fraction of sp³-hybridized carbons (Fsp3) is 0.250. The Balaban J connectivity index is 1.99. The van der Waals surface area contributed by atoms with Crippen LogP contribution in [-0.4, -0.2) is 32.3 Å². The van der Waals surface area contributed by atoms with E-state index in [9.17, 15) is 18.0 Å². The summed E-state index contributed by atoms with van der Waals surface area (Å²) in [4.78, 5) is 11.7. The molecule has 0 aliphatic rings. The zero-order valence-electron chi connectivity index (χ0n) is 17.8. The Morgan fingerprint density at radius 2 is 1.91 bits per heavy atom. The van der Waals surface area contributed by atoms with Crippen molar-refractivity contribution in [3.63, 3.8) is 0 Å². The number of hydrogen-bond donors (Lipinski definition) is 2. The van der Waals surface area contributed by atoms with Crippen LogP contribution in [0.3, 0.4) is 0 Å². The van der Waals surface area contributed by atoms with E-state index in [-0.39, 0.29) is 30.7 Å². The number of amides is 1. The number of nitrogens with one attached hydrogen (secondary N) is 1. The zero-order chi connectivity index (χ0) is 24.0. The lowest BCUT2D eigenvalue weighted by Gasteiger charge is -2.15. The van der Waals surface area contributed by atoms with Gasteiger partial charge in [-0.1, -0.05) is 6.07 Å². The normalized spacial score (nSPS) is 12.6. The summed E-state index contributed by atoms with van der Waals surface area (Å²) in [6, 6.07) is 11.5. The molecule has 5 nitrogen and oxygen atoms in total. The summed E-state index contributed by atoms with van der Waals surface area (Å²) in [6.07, 6.45) is -0.551. The molecule has 0 fully saturated rings. The minimum absolute atomic E-state index is 0.0789. The van der Waals surface area contributed by atoms with Crippen LogP contribution in [0.25, 0.3) is 21.6 Å². The minimum atomic E-state index is -1.34. The number of nitrogens with zero attached hydrogens (tertiary/aromatic N) is 1. The predicted octanol–water partition coefficient (Wildman–Crippen LogP) is 4.58. The van der Waals surface area contributed by atoms with Crippen molar-refractivity contribution in [2.45, 2.75) is 25.1 Å². The highest BCUT2D eigenvalue weighted by atomic mass is 32.1. The van der Waals surface area contributed by atoms with Crippen LogP contribution in [0.4, 0.5) is 13.2 Å². The van der Waals surface area contributed by atoms with Crippen LogP contribution in [0.1, 0.15) is 16.9 Å². The molecule has 0 saturated carbocycles. The first-order valence-corrected chi connectivity index (χ1v) is 10.9. The van der Waals surface area contributed by atoms with Crippen LogP contribution in [0, 0.1) is 23.0 Å². The van der Waals surface area contributed by atoms with Crippen LogP contribution in [-0.2, 0) is 11.2 Å². The summed E-state index contributed by atoms with van der Waals surface area (Å²) in [6.45, 7) is 0.176. The van der Waals surface area contributed by atoms with Crippen LogP contribution in [0.15, 0.2) is 42.5 Å². The number of nitriles is 1. The lowest BCUT2D eigenvalue weighted by atomic mass is 9.99. The second kappa shape index (κ2) is 11.0. The quantitative estimate of drug-likeness (QED) is 0.333. The van der Waals surface area contributed by atoms with Crippen molar-refractivity contribution in [1.82, 2.24) is 5.32 Å². The topological polar surface area (TPSA) is 88.1 Å². The van der Waals surface area contributed by atoms with E-state index in [1.165, 1.54) is 42.7 Å². The summed E-state index contributed by atoms with van der Waals surface area (Å²) in [5.41, 5.74) is 7.62. The number of ether oxygens (including phenoxy) is 1. The van der Waals surface area contributed by atoms with Gasteiger partial charge in [-0.25, -0.2) is 13.2 Å². The molecule has 0 aliphatic carbocycles. The smallest absolute Gasteiger partial charge is 0.207 e. The van der Waals surface area contributed by atoms with Gasteiger partial charge in [0.25, 0.3) is 0 Å². The van der Waals surface area contributed by atoms with E-state index in [2.05, 4.69) is 5.32 Å². The number of thiophene rings is 1. The highest BCUT2D eigenvalue weighted by molar-refractivity contribution is 7.16. The Hall–Kier alpha value is -3.35. The molecule has 1 heterocycles. The number of carbonyl (C=O) groups excluding carboxylic acids is 1. The Morgan fingerprint density at radius 3 is 2.55 bits per heavy atom. The van der Waals surface area contributed by atoms with Gasteiger partial charge < -0.3 is 15.8 Å². The second-order valence-electron chi connectivity index (χ2n) is 7.36. The van der Waals surface area contributed by atoms with E-state index in [0.717, 1.165) is 4.88 Å². The van der Waals surface area contributed by atoms with E-state index >= 15 is 0 Å². The molecule has 33 heavy (non-hydrogen) atoms. The largest absolute Gasteiger partial charge is 0.494 e. The number of rotatable bonds is 10. The molecule has 0 bridgehead atoms. The number of hydrogen-bond acceptors (Lipinski definition) is 5. The molecule has 9 heteroatoms. The van der Waals surface area contributed by atoms with Gasteiger partial charge in [0.2, 0.25) is 6.41 Å². The molecule has 0 aliphatic heterocycles. The molecule has 1 amide bonds. The standard InChI is InChI=1S/C24H22F3N3O2S/c1-32-23-5-4-15(9-21(23)27)24-18(14-2-3-16(12-28)20(26)8-14)10-17(33-24)11-22(29)19(25)6-7-30-13-31/h2-5,8-10,13,19,22H,6-7,11,29H2,1H3,(H,30,31). The lowest BCUT2D eigenvalue weighted by Crippen LogP contribution is -2.35. The molecular weight excluding hydrogens is 451 g/mol. The number of methoxy groups -OCH3 is 1. The van der Waals surface area contributed by atoms with Crippen molar-refractivity contribution in [2.24, 2.45) is 5.73 Å². The van der Waals surface area contributed by atoms with E-state index in [4.69, 9.17) is 15.7 Å². The molecule has 0 spiro atoms. The first kappa shape index (κ1) is 24.3. The SMILES string of the molecule is COc1ccc(-c2sc(CC(N)C(F)CCNC=O)cc2-c2ccc(C#N)c(F)c2)cc1F. The maximum atomic E-state index is 14.4. The first-order valence-electron chi connectivity index (χ1n) is 10.1. The second-order valence-corrected chi connectivity index (χ2v) is 8.49. The number of benzene rings is 2. The molecule has 2 aromatic carbocycles. The van der Waals surface area contributed by atoms with Gasteiger partial charge in [-0.2, -0.15) is 5.26 Å². The zero-order valence-corrected chi connectivity index (χ0v) is 18.6. The monoisotopic (exact) mass is 473 g/mol. The molecule has 0 saturated heterocycles. The van der Waals surface area contributed by atoms with Gasteiger partial charge in [-0.15, -0.1) is 11.3 Å². The predicted molar refractivity (Wildman–Crippen MR) is 122 cm³/mol. The third-order valence-corrected chi connectivity index (χ3v) is 6.35. The molecule has 0 radical (unpaired) electrons. The van der Waals surface area contributed by atoms with E-state index in [0.29, 0.717) is 28.0 Å². The van der Waals surface area contributed by atoms with Gasteiger partial charge in [0, 0.05) is 27.9 Å². The molecule has 1 aromatic heterocycles. The van der Waals surface area contributed by atoms with Crippen molar-refractivity contribution >= 4 is 17.7 Å². The van der Waals surface area contributed by atoms with Crippen molar-refractivity contribution in [3.05, 3.63) is 64.5 Å². The molecule has 2 unspecified atom stereocenters. The van der Waals surface area contributed by atoms with Crippen molar-refractivity contribution in [3.8, 4) is 33.4 Å². The molecule has 3 N–H and O–H groups in total. The minimum Gasteiger partial charge on any atom is -0.494 e. The third-order valence-electron chi connectivity index (χ3n) is 5.15. The average Bonchev–Trinajstić information content (AvgIpc) is 3.22. The van der Waals surface area contributed by atoms with Crippen LogP contribution in [0.5, 0.6) is 5.75 Å². The molecular formula is C24H22F3N3O2S. The maximum Gasteiger partial charge on any atom is 0.207 e. The van der Waals surface area contributed by atoms with Crippen LogP contribution < -0.4 is 15.8 Å². The summed E-state index contributed by atoms with van der Waals surface area (Å²) < 4.78 is 48.1. The Morgan fingerprint density at radius 1 is 1.18 bits per heavy atom. The summed E-state index contributed by atoms with van der Waals surface area (Å²) in [7, 11) is 1.37. The van der Waals surface area contributed by atoms with Crippen molar-refractivity contribution < 1.29 is 22.7 Å². The number of carbonyl (C=O) groups is 1. The number of nitrogens with two attached hydrogens (primary N) is 1. The highest BCUT2D eigenvalue weighted by Crippen LogP contribution is 2.41. The first-order chi connectivity index (χ1) is 15.9.